The summed E-state index contributed by atoms with van der Waals surface area (Å²) in [4.78, 5) is 20.4. The van der Waals surface area contributed by atoms with Crippen LogP contribution in [0.2, 0.25) is 0 Å². The highest BCUT2D eigenvalue weighted by Gasteiger charge is 2.32. The number of fused-ring (bicyclic) bond motifs is 1. The van der Waals surface area contributed by atoms with E-state index in [0.717, 1.165) is 17.7 Å². The molecule has 2 aromatic rings. The minimum atomic E-state index is -0.563. The van der Waals surface area contributed by atoms with Crippen LogP contribution in [0.25, 0.3) is 0 Å². The van der Waals surface area contributed by atoms with E-state index in [1.165, 1.54) is 18.3 Å². The number of hydrogen-bond donors (Lipinski definition) is 0. The second-order valence-corrected chi connectivity index (χ2v) is 4.34. The molecule has 2 heterocycles. The lowest BCUT2D eigenvalue weighted by Gasteiger charge is -2.09. The molecular formula is C14H11FN2O. The first-order valence-electron chi connectivity index (χ1n) is 5.86. The van der Waals surface area contributed by atoms with E-state index in [2.05, 4.69) is 9.97 Å². The van der Waals surface area contributed by atoms with Gasteiger partial charge in [0, 0.05) is 12.4 Å². The zero-order valence-corrected chi connectivity index (χ0v) is 9.64. The van der Waals surface area contributed by atoms with Crippen molar-refractivity contribution in [1.82, 2.24) is 9.97 Å². The van der Waals surface area contributed by atoms with Gasteiger partial charge >= 0.3 is 0 Å². The maximum absolute atomic E-state index is 13.6. The van der Waals surface area contributed by atoms with Crippen molar-refractivity contribution < 1.29 is 9.18 Å². The molecule has 0 amide bonds. The van der Waals surface area contributed by atoms with Gasteiger partial charge in [-0.3, -0.25) is 14.8 Å². The van der Waals surface area contributed by atoms with Gasteiger partial charge < -0.3 is 0 Å². The van der Waals surface area contributed by atoms with E-state index in [0.29, 0.717) is 6.42 Å². The van der Waals surface area contributed by atoms with Crippen LogP contribution in [0.3, 0.4) is 0 Å². The number of aromatic nitrogens is 2. The van der Waals surface area contributed by atoms with Crippen LogP contribution in [-0.4, -0.2) is 15.8 Å². The zero-order valence-electron chi connectivity index (χ0n) is 9.64. The first kappa shape index (κ1) is 11.0. The van der Waals surface area contributed by atoms with Crippen molar-refractivity contribution in [3.05, 3.63) is 59.4 Å². The second kappa shape index (κ2) is 4.29. The van der Waals surface area contributed by atoms with Crippen molar-refractivity contribution in [2.45, 2.75) is 18.8 Å². The molecule has 0 fully saturated rings. The third-order valence-electron chi connectivity index (χ3n) is 3.27. The molecule has 1 atom stereocenters. The van der Waals surface area contributed by atoms with E-state index < -0.39 is 5.82 Å². The molecule has 3 nitrogen and oxygen atoms in total. The van der Waals surface area contributed by atoms with E-state index in [1.54, 1.807) is 6.20 Å². The molecule has 0 aromatic carbocycles. The van der Waals surface area contributed by atoms with Crippen LogP contribution in [0, 0.1) is 5.82 Å². The number of hydrogen-bond acceptors (Lipinski definition) is 3. The number of pyridine rings is 2. The third-order valence-corrected chi connectivity index (χ3v) is 3.27. The topological polar surface area (TPSA) is 42.9 Å². The van der Waals surface area contributed by atoms with Crippen LogP contribution in [0.1, 0.15) is 34.1 Å². The Balaban J connectivity index is 1.99. The molecule has 1 aliphatic rings. The van der Waals surface area contributed by atoms with E-state index in [1.807, 2.05) is 12.1 Å². The molecule has 4 heteroatoms. The summed E-state index contributed by atoms with van der Waals surface area (Å²) in [6.07, 6.45) is 4.60. The van der Waals surface area contributed by atoms with Gasteiger partial charge in [-0.1, -0.05) is 6.07 Å². The molecular weight excluding hydrogens is 231 g/mol. The number of halogens is 1. The number of ketones is 1. The largest absolute Gasteiger partial charge is 0.292 e. The van der Waals surface area contributed by atoms with E-state index in [-0.39, 0.29) is 17.4 Å². The zero-order chi connectivity index (χ0) is 12.5. The monoisotopic (exact) mass is 242 g/mol. The Morgan fingerprint density at radius 1 is 1.22 bits per heavy atom. The van der Waals surface area contributed by atoms with Gasteiger partial charge in [0.15, 0.2) is 11.6 Å². The standard InChI is InChI=1S/C14H11FN2O/c15-11-4-2-8-17-13(11)14(18)10-6-5-9-3-1-7-16-12(9)10/h1-4,7-8,10H,5-6H2. The van der Waals surface area contributed by atoms with Crippen molar-refractivity contribution in [2.75, 3.05) is 0 Å². The minimum absolute atomic E-state index is 0.0824. The smallest absolute Gasteiger partial charge is 0.193 e. The molecule has 0 aliphatic heterocycles. The molecule has 1 aliphatic carbocycles. The van der Waals surface area contributed by atoms with E-state index >= 15 is 0 Å². The number of carbonyl (C=O) groups is 1. The lowest BCUT2D eigenvalue weighted by Crippen LogP contribution is -2.14. The average Bonchev–Trinajstić information content (AvgIpc) is 2.82. The van der Waals surface area contributed by atoms with Crippen molar-refractivity contribution >= 4 is 5.78 Å². The van der Waals surface area contributed by atoms with E-state index in [4.69, 9.17) is 0 Å². The lowest BCUT2D eigenvalue weighted by molar-refractivity contribution is 0.0948. The fourth-order valence-corrected chi connectivity index (χ4v) is 2.40. The number of Topliss-reactive ketones (excluding diaryl/α,β-unsaturated/α-hetero) is 1. The van der Waals surface area contributed by atoms with Gasteiger partial charge in [0.2, 0.25) is 0 Å². The van der Waals surface area contributed by atoms with Crippen molar-refractivity contribution in [2.24, 2.45) is 0 Å². The van der Waals surface area contributed by atoms with Gasteiger partial charge in [0.25, 0.3) is 0 Å². The van der Waals surface area contributed by atoms with Gasteiger partial charge in [0.1, 0.15) is 5.69 Å². The molecule has 1 unspecified atom stereocenters. The van der Waals surface area contributed by atoms with Crippen molar-refractivity contribution in [1.29, 1.82) is 0 Å². The maximum Gasteiger partial charge on any atom is 0.193 e. The number of carbonyl (C=O) groups excluding carboxylic acids is 1. The molecule has 0 spiro atoms. The highest BCUT2D eigenvalue weighted by molar-refractivity contribution is 5.99. The van der Waals surface area contributed by atoms with Crippen LogP contribution in [-0.2, 0) is 6.42 Å². The second-order valence-electron chi connectivity index (χ2n) is 4.34. The molecule has 0 saturated carbocycles. The highest BCUT2D eigenvalue weighted by Crippen LogP contribution is 2.33. The predicted octanol–water partition coefficient (Wildman–Crippen LogP) is 2.53. The Bertz CT molecular complexity index is 612. The highest BCUT2D eigenvalue weighted by atomic mass is 19.1. The van der Waals surface area contributed by atoms with Gasteiger partial charge in [0.05, 0.1) is 11.6 Å². The van der Waals surface area contributed by atoms with E-state index in [9.17, 15) is 9.18 Å². The predicted molar refractivity (Wildman–Crippen MR) is 63.8 cm³/mol. The summed E-state index contributed by atoms with van der Waals surface area (Å²) in [5.74, 6) is -1.19. The van der Waals surface area contributed by atoms with Crippen molar-refractivity contribution in [3.63, 3.8) is 0 Å². The summed E-state index contributed by atoms with van der Waals surface area (Å²) in [7, 11) is 0. The Kier molecular flexibility index (Phi) is 2.63. The van der Waals surface area contributed by atoms with Gasteiger partial charge in [-0.25, -0.2) is 4.39 Å². The van der Waals surface area contributed by atoms with Gasteiger partial charge in [-0.2, -0.15) is 0 Å². The minimum Gasteiger partial charge on any atom is -0.292 e. The Labute approximate surface area is 104 Å². The summed E-state index contributed by atoms with van der Waals surface area (Å²) < 4.78 is 13.6. The lowest BCUT2D eigenvalue weighted by atomic mass is 9.98. The molecule has 0 bridgehead atoms. The first-order valence-corrected chi connectivity index (χ1v) is 5.86. The normalized spacial score (nSPS) is 17.5. The summed E-state index contributed by atoms with van der Waals surface area (Å²) in [5, 5.41) is 0. The summed E-state index contributed by atoms with van der Waals surface area (Å²) in [5.41, 5.74) is 1.76. The number of nitrogens with zero attached hydrogens (tertiary/aromatic N) is 2. The van der Waals surface area contributed by atoms with Crippen LogP contribution < -0.4 is 0 Å². The molecule has 3 rings (SSSR count). The van der Waals surface area contributed by atoms with Gasteiger partial charge in [-0.05, 0) is 36.6 Å². The van der Waals surface area contributed by atoms with Crippen LogP contribution in [0.4, 0.5) is 4.39 Å². The Hall–Kier alpha value is -2.10. The maximum atomic E-state index is 13.6. The summed E-state index contributed by atoms with van der Waals surface area (Å²) in [6.45, 7) is 0. The summed E-state index contributed by atoms with van der Waals surface area (Å²) in [6, 6.07) is 6.55. The van der Waals surface area contributed by atoms with Crippen molar-refractivity contribution in [3.8, 4) is 0 Å². The van der Waals surface area contributed by atoms with Crippen LogP contribution in [0.15, 0.2) is 36.7 Å². The summed E-state index contributed by atoms with van der Waals surface area (Å²) >= 11 is 0. The number of rotatable bonds is 2. The third kappa shape index (κ3) is 1.70. The molecule has 2 aromatic heterocycles. The fourth-order valence-electron chi connectivity index (χ4n) is 2.40. The quantitative estimate of drug-likeness (QED) is 0.760. The molecule has 0 radical (unpaired) electrons. The molecule has 18 heavy (non-hydrogen) atoms. The molecule has 0 saturated heterocycles. The van der Waals surface area contributed by atoms with Gasteiger partial charge in [-0.15, -0.1) is 0 Å². The number of aryl methyl sites for hydroxylation is 1. The SMILES string of the molecule is O=C(c1ncccc1F)C1CCc2cccnc21. The fraction of sp³-hybridized carbons (Fsp3) is 0.214. The average molecular weight is 242 g/mol. The molecule has 90 valence electrons. The molecule has 0 N–H and O–H groups in total. The Morgan fingerprint density at radius 2 is 2.00 bits per heavy atom. The Morgan fingerprint density at radius 3 is 2.83 bits per heavy atom. The first-order chi connectivity index (χ1) is 8.77. The van der Waals surface area contributed by atoms with Crippen LogP contribution >= 0.6 is 0 Å². The van der Waals surface area contributed by atoms with Crippen LogP contribution in [0.5, 0.6) is 0 Å².